The second kappa shape index (κ2) is 8.75. The molecule has 0 amide bonds. The number of nitrogens with zero attached hydrogens (tertiary/aromatic N) is 3. The van der Waals surface area contributed by atoms with Crippen LogP contribution in [-0.4, -0.2) is 20.9 Å². The first-order chi connectivity index (χ1) is 12.0. The SMILES string of the molecule is Cc1ccc(Nc2nc(Nc3ccc(C)cc3)nc(C(=O)[O-])n2)cc1.[Na+]. The van der Waals surface area contributed by atoms with E-state index in [0.717, 1.165) is 22.5 Å². The van der Waals surface area contributed by atoms with E-state index in [1.54, 1.807) is 0 Å². The number of nitrogens with one attached hydrogen (secondary N) is 2. The fourth-order valence-electron chi connectivity index (χ4n) is 2.11. The van der Waals surface area contributed by atoms with Gasteiger partial charge in [-0.1, -0.05) is 35.4 Å². The van der Waals surface area contributed by atoms with Gasteiger partial charge in [0.05, 0.1) is 0 Å². The van der Waals surface area contributed by atoms with E-state index in [2.05, 4.69) is 25.6 Å². The van der Waals surface area contributed by atoms with Gasteiger partial charge in [0.15, 0.2) is 5.82 Å². The van der Waals surface area contributed by atoms with Crippen molar-refractivity contribution < 1.29 is 39.5 Å². The summed E-state index contributed by atoms with van der Waals surface area (Å²) < 4.78 is 0. The molecule has 3 rings (SSSR count). The molecule has 1 heterocycles. The molecule has 0 bridgehead atoms. The number of rotatable bonds is 5. The number of benzene rings is 2. The van der Waals surface area contributed by atoms with Crippen molar-refractivity contribution in [3.63, 3.8) is 0 Å². The summed E-state index contributed by atoms with van der Waals surface area (Å²) in [6.45, 7) is 3.95. The molecule has 0 unspecified atom stereocenters. The minimum atomic E-state index is -1.47. The number of aromatic nitrogens is 3. The second-order valence-electron chi connectivity index (χ2n) is 5.58. The molecule has 0 saturated carbocycles. The fourth-order valence-corrected chi connectivity index (χ4v) is 2.11. The minimum absolute atomic E-state index is 0. The van der Waals surface area contributed by atoms with Crippen LogP contribution >= 0.6 is 0 Å². The molecule has 7 nitrogen and oxygen atoms in total. The minimum Gasteiger partial charge on any atom is -0.541 e. The predicted molar refractivity (Wildman–Crippen MR) is 93.1 cm³/mol. The largest absolute Gasteiger partial charge is 1.00 e. The van der Waals surface area contributed by atoms with Crippen molar-refractivity contribution in [3.05, 3.63) is 65.5 Å². The van der Waals surface area contributed by atoms with Gasteiger partial charge in [-0.25, -0.2) is 0 Å². The molecular weight excluding hydrogens is 341 g/mol. The standard InChI is InChI=1S/C18H17N5O2.Na/c1-11-3-7-13(8-4-11)19-17-21-15(16(24)25)22-18(23-17)20-14-9-5-12(2)6-10-14;/h3-10H,1-2H3,(H,24,25)(H2,19,20,21,22,23);/q;+1/p-1. The Labute approximate surface area is 173 Å². The second-order valence-corrected chi connectivity index (χ2v) is 5.58. The van der Waals surface area contributed by atoms with Crippen molar-refractivity contribution in [2.45, 2.75) is 13.8 Å². The monoisotopic (exact) mass is 357 g/mol. The van der Waals surface area contributed by atoms with Gasteiger partial charge < -0.3 is 20.5 Å². The van der Waals surface area contributed by atoms with Gasteiger partial charge >= 0.3 is 29.6 Å². The Morgan fingerprint density at radius 1 is 0.769 bits per heavy atom. The first kappa shape index (κ1) is 19.8. The average Bonchev–Trinajstić information content (AvgIpc) is 2.59. The van der Waals surface area contributed by atoms with Gasteiger partial charge in [-0.2, -0.15) is 15.0 Å². The summed E-state index contributed by atoms with van der Waals surface area (Å²) in [6, 6.07) is 15.1. The maximum Gasteiger partial charge on any atom is 1.00 e. The zero-order chi connectivity index (χ0) is 17.8. The van der Waals surface area contributed by atoms with E-state index in [4.69, 9.17) is 0 Å². The smallest absolute Gasteiger partial charge is 0.541 e. The summed E-state index contributed by atoms with van der Waals surface area (Å²) in [4.78, 5) is 23.1. The van der Waals surface area contributed by atoms with Crippen molar-refractivity contribution in [1.29, 1.82) is 0 Å². The molecule has 0 aliphatic rings. The molecule has 0 atom stereocenters. The van der Waals surface area contributed by atoms with Gasteiger partial charge in [-0.05, 0) is 38.1 Å². The van der Waals surface area contributed by atoms with Gasteiger partial charge in [0.1, 0.15) is 5.97 Å². The average molecular weight is 357 g/mol. The van der Waals surface area contributed by atoms with E-state index in [1.165, 1.54) is 0 Å². The van der Waals surface area contributed by atoms with Crippen LogP contribution in [0.4, 0.5) is 23.3 Å². The van der Waals surface area contributed by atoms with Gasteiger partial charge in [-0.15, -0.1) is 0 Å². The van der Waals surface area contributed by atoms with E-state index in [0.29, 0.717) is 0 Å². The number of carboxylic acid groups (broad SMARTS) is 1. The van der Waals surface area contributed by atoms with Crippen molar-refractivity contribution in [2.75, 3.05) is 10.6 Å². The summed E-state index contributed by atoms with van der Waals surface area (Å²) >= 11 is 0. The third-order valence-corrected chi connectivity index (χ3v) is 3.43. The first-order valence-corrected chi connectivity index (χ1v) is 7.64. The van der Waals surface area contributed by atoms with Crippen LogP contribution in [0.25, 0.3) is 0 Å². The van der Waals surface area contributed by atoms with Crippen molar-refractivity contribution in [1.82, 2.24) is 15.0 Å². The predicted octanol–water partition coefficient (Wildman–Crippen LogP) is -0.657. The molecule has 0 aliphatic carbocycles. The molecule has 0 saturated heterocycles. The number of hydrogen-bond acceptors (Lipinski definition) is 7. The van der Waals surface area contributed by atoms with E-state index in [9.17, 15) is 9.90 Å². The number of aromatic carboxylic acids is 1. The Hall–Kier alpha value is -2.48. The summed E-state index contributed by atoms with van der Waals surface area (Å²) in [5.74, 6) is -1.68. The molecule has 8 heteroatoms. The number of hydrogen-bond donors (Lipinski definition) is 2. The van der Waals surface area contributed by atoms with Crippen molar-refractivity contribution >= 4 is 29.2 Å². The van der Waals surface area contributed by atoms with Crippen molar-refractivity contribution in [2.24, 2.45) is 0 Å². The number of carbonyl (C=O) groups is 1. The Kier molecular flexibility index (Phi) is 6.68. The topological polar surface area (TPSA) is 103 Å². The van der Waals surface area contributed by atoms with Crippen LogP contribution < -0.4 is 45.3 Å². The Bertz CT molecular complexity index is 833. The molecule has 0 spiro atoms. The number of carboxylic acids is 1. The van der Waals surface area contributed by atoms with E-state index < -0.39 is 11.8 Å². The van der Waals surface area contributed by atoms with Crippen LogP contribution in [0, 0.1) is 13.8 Å². The molecular formula is C18H16N5NaO2. The van der Waals surface area contributed by atoms with Gasteiger partial charge in [-0.3, -0.25) is 0 Å². The van der Waals surface area contributed by atoms with E-state index in [-0.39, 0.29) is 41.5 Å². The summed E-state index contributed by atoms with van der Waals surface area (Å²) in [5, 5.41) is 17.1. The van der Waals surface area contributed by atoms with E-state index in [1.807, 2.05) is 62.4 Å². The van der Waals surface area contributed by atoms with Crippen molar-refractivity contribution in [3.8, 4) is 0 Å². The third kappa shape index (κ3) is 5.26. The van der Waals surface area contributed by atoms with Crippen LogP contribution in [0.1, 0.15) is 21.7 Å². The molecule has 0 radical (unpaired) electrons. The third-order valence-electron chi connectivity index (χ3n) is 3.43. The molecule has 1 aromatic heterocycles. The zero-order valence-electron chi connectivity index (χ0n) is 14.8. The normalized spacial score (nSPS) is 9.92. The fraction of sp³-hybridized carbons (Fsp3) is 0.111. The molecule has 2 aromatic carbocycles. The van der Waals surface area contributed by atoms with Crippen LogP contribution in [0.3, 0.4) is 0 Å². The Morgan fingerprint density at radius 2 is 1.15 bits per heavy atom. The summed E-state index contributed by atoms with van der Waals surface area (Å²) in [6.07, 6.45) is 0. The Balaban J connectivity index is 0.00000243. The summed E-state index contributed by atoms with van der Waals surface area (Å²) in [5.41, 5.74) is 3.70. The molecule has 126 valence electrons. The van der Waals surface area contributed by atoms with Crippen LogP contribution in [0.2, 0.25) is 0 Å². The molecule has 0 fully saturated rings. The molecule has 2 N–H and O–H groups in total. The maximum atomic E-state index is 11.2. The maximum absolute atomic E-state index is 11.2. The van der Waals surface area contributed by atoms with Gasteiger partial charge in [0.25, 0.3) is 0 Å². The van der Waals surface area contributed by atoms with Crippen LogP contribution in [-0.2, 0) is 0 Å². The summed E-state index contributed by atoms with van der Waals surface area (Å²) in [7, 11) is 0. The Morgan fingerprint density at radius 3 is 1.50 bits per heavy atom. The van der Waals surface area contributed by atoms with Gasteiger partial charge in [0.2, 0.25) is 11.9 Å². The van der Waals surface area contributed by atoms with E-state index >= 15 is 0 Å². The molecule has 3 aromatic rings. The number of aryl methyl sites for hydroxylation is 2. The van der Waals surface area contributed by atoms with Crippen LogP contribution in [0.5, 0.6) is 0 Å². The van der Waals surface area contributed by atoms with Gasteiger partial charge in [0, 0.05) is 11.4 Å². The first-order valence-electron chi connectivity index (χ1n) is 7.64. The zero-order valence-corrected chi connectivity index (χ0v) is 16.8. The molecule has 26 heavy (non-hydrogen) atoms. The quantitative estimate of drug-likeness (QED) is 0.585. The number of anilines is 4. The van der Waals surface area contributed by atoms with Crippen LogP contribution in [0.15, 0.2) is 48.5 Å². The number of carbonyl (C=O) groups excluding carboxylic acids is 1. The molecule has 0 aliphatic heterocycles.